The quantitative estimate of drug-likeness (QED) is 0.225. The molecule has 14 rings (SSSR count). The van der Waals surface area contributed by atoms with Crippen LogP contribution in [0.5, 0.6) is 0 Å². The number of hydrogen-bond acceptors (Lipinski definition) is 7. The molecule has 7 nitrogen and oxygen atoms in total. The Morgan fingerprint density at radius 1 is 1.06 bits per heavy atom. The maximum atomic E-state index is 15.4. The molecule has 1 aromatic rings. The lowest BCUT2D eigenvalue weighted by Gasteiger charge is -2.72. The van der Waals surface area contributed by atoms with Crippen LogP contribution in [0.15, 0.2) is 64.6 Å². The number of piperidine rings is 2. The van der Waals surface area contributed by atoms with E-state index < -0.39 is 16.4 Å². The highest BCUT2D eigenvalue weighted by atomic mass is 16.6. The van der Waals surface area contributed by atoms with Gasteiger partial charge >= 0.3 is 11.9 Å². The van der Waals surface area contributed by atoms with Gasteiger partial charge in [0.2, 0.25) is 0 Å². The Balaban J connectivity index is 1.18. The largest absolute Gasteiger partial charge is 0.449 e. The zero-order chi connectivity index (χ0) is 36.7. The average molecular weight is 730 g/mol. The molecule has 7 heteroatoms. The van der Waals surface area contributed by atoms with Crippen molar-refractivity contribution >= 4 is 11.9 Å². The predicted octanol–water partition coefficient (Wildman–Crippen LogP) is 7.96. The molecule has 13 aliphatic rings. The first-order valence-electron chi connectivity index (χ1n) is 22.0. The third-order valence-electron chi connectivity index (χ3n) is 17.0. The van der Waals surface area contributed by atoms with Crippen molar-refractivity contribution in [1.82, 2.24) is 9.80 Å². The molecule has 12 atom stereocenters. The van der Waals surface area contributed by atoms with Crippen LogP contribution in [0.1, 0.15) is 119 Å². The van der Waals surface area contributed by atoms with E-state index in [0.29, 0.717) is 48.2 Å². The summed E-state index contributed by atoms with van der Waals surface area (Å²) in [6, 6.07) is 7.22. The van der Waals surface area contributed by atoms with E-state index in [4.69, 9.17) is 15.2 Å². The number of nitrogens with two attached hydrogens (primary N) is 1. The summed E-state index contributed by atoms with van der Waals surface area (Å²) >= 11 is 0. The summed E-state index contributed by atoms with van der Waals surface area (Å²) in [6.45, 7) is 11.0. The van der Waals surface area contributed by atoms with E-state index >= 15 is 4.79 Å². The lowest BCUT2D eigenvalue weighted by Crippen LogP contribution is -2.77. The number of nitrogens with zero attached hydrogens (tertiary/aromatic N) is 2. The number of fused-ring (bicyclic) bond motifs is 2. The first-order valence-corrected chi connectivity index (χ1v) is 22.0. The maximum absolute atomic E-state index is 15.4. The third-order valence-corrected chi connectivity index (χ3v) is 17.0. The lowest BCUT2D eigenvalue weighted by atomic mass is 9.28. The van der Waals surface area contributed by atoms with Gasteiger partial charge in [-0.3, -0.25) is 9.69 Å². The van der Waals surface area contributed by atoms with Crippen molar-refractivity contribution in [2.24, 2.45) is 52.1 Å². The number of carbonyl (C=O) groups is 2. The number of carbonyl (C=O) groups excluding carboxylic acids is 2. The summed E-state index contributed by atoms with van der Waals surface area (Å²) in [5, 5.41) is 0. The average Bonchev–Trinajstić information content (AvgIpc) is 3.62. The van der Waals surface area contributed by atoms with Gasteiger partial charge in [-0.05, 0) is 118 Å². The fourth-order valence-electron chi connectivity index (χ4n) is 15.4. The topological polar surface area (TPSA) is 85.1 Å². The number of rotatable bonds is 7. The van der Waals surface area contributed by atoms with Crippen molar-refractivity contribution in [1.29, 1.82) is 0 Å². The van der Waals surface area contributed by atoms with Gasteiger partial charge in [-0.1, -0.05) is 75.1 Å². The van der Waals surface area contributed by atoms with Crippen LogP contribution in [-0.2, 0) is 26.3 Å². The minimum atomic E-state index is -0.931. The Hall–Kier alpha value is -3.16. The molecule has 4 fully saturated rings. The van der Waals surface area contributed by atoms with E-state index in [9.17, 15) is 4.79 Å². The molecule has 2 spiro atoms. The van der Waals surface area contributed by atoms with Crippen LogP contribution >= 0.6 is 0 Å². The second-order valence-electron chi connectivity index (χ2n) is 19.1. The summed E-state index contributed by atoms with van der Waals surface area (Å²) < 4.78 is 13.9. The molecule has 1 aromatic carbocycles. The van der Waals surface area contributed by atoms with Crippen LogP contribution in [0.25, 0.3) is 0 Å². The molecule has 9 heterocycles. The van der Waals surface area contributed by atoms with Gasteiger partial charge < -0.3 is 20.1 Å². The van der Waals surface area contributed by atoms with Gasteiger partial charge in [0, 0.05) is 48.8 Å². The van der Waals surface area contributed by atoms with Crippen LogP contribution in [-0.4, -0.2) is 60.0 Å². The van der Waals surface area contributed by atoms with Crippen molar-refractivity contribution in [3.05, 3.63) is 81.3 Å². The molecule has 12 unspecified atom stereocenters. The predicted molar refractivity (Wildman–Crippen MR) is 208 cm³/mol. The Morgan fingerprint density at radius 3 is 2.76 bits per heavy atom. The van der Waals surface area contributed by atoms with Gasteiger partial charge in [0.25, 0.3) is 0 Å². The maximum Gasteiger partial charge on any atom is 0.339 e. The summed E-state index contributed by atoms with van der Waals surface area (Å²) in [7, 11) is 0. The number of ether oxygens (including phenoxy) is 2. The molecule has 9 aliphatic heterocycles. The van der Waals surface area contributed by atoms with E-state index in [0.717, 1.165) is 119 Å². The second kappa shape index (κ2) is 11.9. The molecule has 0 aromatic heterocycles. The van der Waals surface area contributed by atoms with Crippen molar-refractivity contribution < 1.29 is 19.1 Å². The summed E-state index contributed by atoms with van der Waals surface area (Å²) in [6.07, 6.45) is 20.1. The Morgan fingerprint density at radius 2 is 1.93 bits per heavy atom. The van der Waals surface area contributed by atoms with Crippen molar-refractivity contribution in [3.63, 3.8) is 0 Å². The normalized spacial score (nSPS) is 43.2. The summed E-state index contributed by atoms with van der Waals surface area (Å²) in [4.78, 5) is 35.7. The number of hydrogen-bond donors (Lipinski definition) is 1. The molecule has 0 radical (unpaired) electrons. The first kappa shape index (κ1) is 34.1. The molecule has 0 amide bonds. The minimum Gasteiger partial charge on any atom is -0.449 e. The van der Waals surface area contributed by atoms with E-state index in [1.807, 2.05) is 0 Å². The highest BCUT2D eigenvalue weighted by molar-refractivity contribution is 6.00. The van der Waals surface area contributed by atoms with Gasteiger partial charge in [-0.2, -0.15) is 0 Å². The Labute approximate surface area is 321 Å². The van der Waals surface area contributed by atoms with Crippen molar-refractivity contribution in [3.8, 4) is 0 Å². The van der Waals surface area contributed by atoms with Crippen LogP contribution in [0, 0.1) is 46.3 Å². The molecular weight excluding hydrogens is 671 g/mol. The smallest absolute Gasteiger partial charge is 0.339 e. The zero-order valence-electron chi connectivity index (χ0n) is 32.7. The fourth-order valence-corrected chi connectivity index (χ4v) is 15.4. The molecule has 1 saturated carbocycles. The molecule has 3 saturated heterocycles. The van der Waals surface area contributed by atoms with Gasteiger partial charge in [0.15, 0.2) is 5.60 Å². The van der Waals surface area contributed by atoms with Crippen LogP contribution in [0.2, 0.25) is 0 Å². The number of esters is 2. The van der Waals surface area contributed by atoms with E-state index in [1.165, 1.54) is 12.0 Å². The standard InChI is InChI=1S/C47H59N3O4/c1-4-8-32-14-18-39-45-20-19-34-35(16-15-33-27(3)22-30-13-17-37-31-23-28(24-49(32)26-31)25-50(37)42(30)41(33)34)46(45,44(52)53-39)38(9-5-2)47(45)36-12-6-10-29(11-7-21-48)40(36)43(51)54-47/h6,10,12-13,17-18,27-28,31-33,37-38,41H,4-5,7-9,11,14-16,19-26,48H2,1-3H3. The Kier molecular flexibility index (Phi) is 7.54. The van der Waals surface area contributed by atoms with Crippen LogP contribution in [0.4, 0.5) is 0 Å². The molecule has 4 aliphatic carbocycles. The highest BCUT2D eigenvalue weighted by Gasteiger charge is 2.92. The zero-order valence-corrected chi connectivity index (χ0v) is 32.7. The fraction of sp³-hybridized carbons (Fsp3) is 0.660. The molecule has 12 bridgehead atoms. The molecule has 54 heavy (non-hydrogen) atoms. The van der Waals surface area contributed by atoms with E-state index in [1.54, 1.807) is 16.8 Å². The monoisotopic (exact) mass is 729 g/mol. The molecule has 2 N–H and O–H groups in total. The molecular formula is C47H59N3O4. The van der Waals surface area contributed by atoms with E-state index in [-0.39, 0.29) is 17.9 Å². The van der Waals surface area contributed by atoms with Crippen LogP contribution in [0.3, 0.4) is 0 Å². The molecule has 286 valence electrons. The van der Waals surface area contributed by atoms with Gasteiger partial charge in [-0.25, -0.2) is 4.79 Å². The van der Waals surface area contributed by atoms with Gasteiger partial charge in [-0.15, -0.1) is 0 Å². The minimum absolute atomic E-state index is 0.0621. The number of aryl methyl sites for hydroxylation is 1. The van der Waals surface area contributed by atoms with Crippen LogP contribution < -0.4 is 5.73 Å². The van der Waals surface area contributed by atoms with Gasteiger partial charge in [0.1, 0.15) is 11.2 Å². The number of benzene rings is 1. The summed E-state index contributed by atoms with van der Waals surface area (Å²) in [5.41, 5.74) is 12.4. The lowest BCUT2D eigenvalue weighted by molar-refractivity contribution is -0.277. The third kappa shape index (κ3) is 3.92. The van der Waals surface area contributed by atoms with Crippen molar-refractivity contribution in [2.45, 2.75) is 122 Å². The van der Waals surface area contributed by atoms with Gasteiger partial charge in [0.05, 0.1) is 17.0 Å². The van der Waals surface area contributed by atoms with E-state index in [2.05, 4.69) is 67.0 Å². The first-order chi connectivity index (χ1) is 26.3. The highest BCUT2D eigenvalue weighted by Crippen LogP contribution is 2.87. The Bertz CT molecular complexity index is 1960. The second-order valence-corrected chi connectivity index (χ2v) is 19.1. The number of allylic oxidation sites excluding steroid dienone is 3. The van der Waals surface area contributed by atoms with Crippen molar-refractivity contribution in [2.75, 3.05) is 26.2 Å². The summed E-state index contributed by atoms with van der Waals surface area (Å²) in [5.74, 6) is 3.20. The SMILES string of the molecule is CCCC1CC=C2OC(=O)C34C5=C(CCC23C2(OC(=O)c3c(CCCN)cccc32)C4CCC)C2C3=C(C=CC4C6CC(CN1C6)CN34)CC(C)C2CC5.